The zero-order chi connectivity index (χ0) is 12.3. The van der Waals surface area contributed by atoms with Gasteiger partial charge in [0.15, 0.2) is 0 Å². The maximum Gasteiger partial charge on any atom is 0.307 e. The number of aromatic nitrogens is 2. The molecule has 0 aliphatic heterocycles. The Morgan fingerprint density at radius 1 is 1.62 bits per heavy atom. The fourth-order valence-corrected chi connectivity index (χ4v) is 1.69. The Bertz CT molecular complexity index is 362. The van der Waals surface area contributed by atoms with Gasteiger partial charge < -0.3 is 5.11 Å². The first-order valence-corrected chi connectivity index (χ1v) is 5.34. The summed E-state index contributed by atoms with van der Waals surface area (Å²) in [6.07, 6.45) is 1.75. The van der Waals surface area contributed by atoms with Crippen molar-refractivity contribution in [2.75, 3.05) is 13.6 Å². The number of hydrogen-bond acceptors (Lipinski definition) is 3. The zero-order valence-corrected chi connectivity index (χ0v) is 10.2. The topological polar surface area (TPSA) is 58.4 Å². The van der Waals surface area contributed by atoms with Crippen molar-refractivity contribution in [3.63, 3.8) is 0 Å². The van der Waals surface area contributed by atoms with Crippen molar-refractivity contribution in [2.45, 2.75) is 19.9 Å². The van der Waals surface area contributed by atoms with E-state index in [1.165, 1.54) is 0 Å². The molecule has 16 heavy (non-hydrogen) atoms. The largest absolute Gasteiger partial charge is 0.481 e. The molecule has 5 nitrogen and oxygen atoms in total. The van der Waals surface area contributed by atoms with Crippen LogP contribution in [0, 0.1) is 5.92 Å². The maximum atomic E-state index is 10.8. The molecule has 0 aliphatic carbocycles. The Balaban J connectivity index is 2.64. The lowest BCUT2D eigenvalue weighted by atomic mass is 10.1. The molecule has 2 unspecified atom stereocenters. The molecule has 90 valence electrons. The highest BCUT2D eigenvalue weighted by Crippen LogP contribution is 2.18. The van der Waals surface area contributed by atoms with Gasteiger partial charge in [0.2, 0.25) is 0 Å². The van der Waals surface area contributed by atoms with E-state index < -0.39 is 5.97 Å². The van der Waals surface area contributed by atoms with Gasteiger partial charge in [0.25, 0.3) is 0 Å². The summed E-state index contributed by atoms with van der Waals surface area (Å²) < 4.78 is 1.81. The second-order valence-electron chi connectivity index (χ2n) is 4.23. The molecule has 0 fully saturated rings. The highest BCUT2D eigenvalue weighted by atomic mass is 16.4. The predicted octanol–water partition coefficient (Wildman–Crippen LogP) is 1.13. The smallest absolute Gasteiger partial charge is 0.307 e. The molecule has 0 aliphatic rings. The molecule has 0 saturated heterocycles. The van der Waals surface area contributed by atoms with Gasteiger partial charge in [0.1, 0.15) is 0 Å². The van der Waals surface area contributed by atoms with Crippen LogP contribution in [-0.2, 0) is 11.8 Å². The second kappa shape index (κ2) is 5.12. The fourth-order valence-electron chi connectivity index (χ4n) is 1.69. The molecule has 2 atom stereocenters. The molecular formula is C11H19N3O2. The van der Waals surface area contributed by atoms with Gasteiger partial charge in [-0.3, -0.25) is 14.4 Å². The molecule has 0 saturated carbocycles. The first-order chi connectivity index (χ1) is 7.43. The van der Waals surface area contributed by atoms with Gasteiger partial charge in [-0.25, -0.2) is 0 Å². The Morgan fingerprint density at radius 2 is 2.25 bits per heavy atom. The van der Waals surface area contributed by atoms with E-state index in [9.17, 15) is 4.79 Å². The number of hydrogen-bond donors (Lipinski definition) is 1. The first kappa shape index (κ1) is 12.7. The van der Waals surface area contributed by atoms with Crippen molar-refractivity contribution < 1.29 is 9.90 Å². The van der Waals surface area contributed by atoms with Gasteiger partial charge in [-0.2, -0.15) is 5.10 Å². The summed E-state index contributed by atoms with van der Waals surface area (Å²) in [6, 6.07) is 2.11. The number of carboxylic acids is 1. The van der Waals surface area contributed by atoms with E-state index in [0.29, 0.717) is 6.54 Å². The normalized spacial score (nSPS) is 15.1. The van der Waals surface area contributed by atoms with E-state index in [0.717, 1.165) is 5.69 Å². The molecule has 0 aromatic carbocycles. The molecule has 1 rings (SSSR count). The van der Waals surface area contributed by atoms with E-state index >= 15 is 0 Å². The van der Waals surface area contributed by atoms with Crippen LogP contribution in [-0.4, -0.2) is 39.3 Å². The van der Waals surface area contributed by atoms with Crippen LogP contribution in [0.1, 0.15) is 25.6 Å². The molecule has 1 N–H and O–H groups in total. The summed E-state index contributed by atoms with van der Waals surface area (Å²) in [6.45, 7) is 4.29. The van der Waals surface area contributed by atoms with Crippen molar-refractivity contribution in [3.05, 3.63) is 18.0 Å². The third kappa shape index (κ3) is 2.82. The third-order valence-corrected chi connectivity index (χ3v) is 2.93. The van der Waals surface area contributed by atoms with Gasteiger partial charge in [-0.1, -0.05) is 6.92 Å². The lowest BCUT2D eigenvalue weighted by Gasteiger charge is -2.26. The number of nitrogens with zero attached hydrogens (tertiary/aromatic N) is 3. The van der Waals surface area contributed by atoms with Crippen LogP contribution < -0.4 is 0 Å². The monoisotopic (exact) mass is 225 g/mol. The summed E-state index contributed by atoms with van der Waals surface area (Å²) in [4.78, 5) is 12.8. The minimum absolute atomic E-state index is 0.161. The van der Waals surface area contributed by atoms with E-state index in [4.69, 9.17) is 5.11 Å². The SMILES string of the molecule is CC(CN(C)C(C)c1ccnn1C)C(=O)O. The Morgan fingerprint density at radius 3 is 2.69 bits per heavy atom. The van der Waals surface area contributed by atoms with Crippen molar-refractivity contribution in [1.29, 1.82) is 0 Å². The molecule has 0 radical (unpaired) electrons. The lowest BCUT2D eigenvalue weighted by Crippen LogP contribution is -2.31. The minimum atomic E-state index is -0.760. The summed E-state index contributed by atoms with van der Waals surface area (Å²) in [5.74, 6) is -1.12. The number of carboxylic acid groups (broad SMARTS) is 1. The molecule has 0 spiro atoms. The first-order valence-electron chi connectivity index (χ1n) is 5.34. The van der Waals surface area contributed by atoms with Crippen molar-refractivity contribution >= 4 is 5.97 Å². The molecule has 0 bridgehead atoms. The zero-order valence-electron chi connectivity index (χ0n) is 10.2. The quantitative estimate of drug-likeness (QED) is 0.816. The average Bonchev–Trinajstić information content (AvgIpc) is 2.62. The maximum absolute atomic E-state index is 10.8. The fraction of sp³-hybridized carbons (Fsp3) is 0.636. The summed E-state index contributed by atoms with van der Waals surface area (Å²) in [5, 5.41) is 13.0. The van der Waals surface area contributed by atoms with Gasteiger partial charge in [0.05, 0.1) is 11.6 Å². The van der Waals surface area contributed by atoms with Gasteiger partial charge in [-0.05, 0) is 20.0 Å². The van der Waals surface area contributed by atoms with E-state index in [1.54, 1.807) is 13.1 Å². The van der Waals surface area contributed by atoms with Crippen LogP contribution in [0.15, 0.2) is 12.3 Å². The van der Waals surface area contributed by atoms with Crippen molar-refractivity contribution in [1.82, 2.24) is 14.7 Å². The van der Waals surface area contributed by atoms with Crippen LogP contribution >= 0.6 is 0 Å². The number of aryl methyl sites for hydroxylation is 1. The van der Waals surface area contributed by atoms with Crippen LogP contribution in [0.2, 0.25) is 0 Å². The van der Waals surface area contributed by atoms with Crippen molar-refractivity contribution in [3.8, 4) is 0 Å². The Hall–Kier alpha value is -1.36. The van der Waals surface area contributed by atoms with Crippen molar-refractivity contribution in [2.24, 2.45) is 13.0 Å². The Labute approximate surface area is 95.7 Å². The van der Waals surface area contributed by atoms with Crippen LogP contribution in [0.25, 0.3) is 0 Å². The summed E-state index contributed by atoms with van der Waals surface area (Å²) in [5.41, 5.74) is 1.08. The third-order valence-electron chi connectivity index (χ3n) is 2.93. The van der Waals surface area contributed by atoms with Gasteiger partial charge in [0, 0.05) is 25.8 Å². The van der Waals surface area contributed by atoms with Gasteiger partial charge in [-0.15, -0.1) is 0 Å². The average molecular weight is 225 g/mol. The number of aliphatic carboxylic acids is 1. The standard InChI is InChI=1S/C11H19N3O2/c1-8(11(15)16)7-13(3)9(2)10-5-6-12-14(10)4/h5-6,8-9H,7H2,1-4H3,(H,15,16). The lowest BCUT2D eigenvalue weighted by molar-refractivity contribution is -0.141. The molecule has 5 heteroatoms. The van der Waals surface area contributed by atoms with E-state index in [2.05, 4.69) is 5.10 Å². The Kier molecular flexibility index (Phi) is 4.06. The molecule has 1 aromatic rings. The molecule has 0 amide bonds. The summed E-state index contributed by atoms with van der Waals surface area (Å²) in [7, 11) is 3.82. The highest BCUT2D eigenvalue weighted by molar-refractivity contribution is 5.69. The van der Waals surface area contributed by atoms with Crippen LogP contribution in [0.4, 0.5) is 0 Å². The highest BCUT2D eigenvalue weighted by Gasteiger charge is 2.19. The molecular weight excluding hydrogens is 206 g/mol. The van der Waals surface area contributed by atoms with E-state index in [-0.39, 0.29) is 12.0 Å². The number of rotatable bonds is 5. The van der Waals surface area contributed by atoms with Crippen LogP contribution in [0.5, 0.6) is 0 Å². The van der Waals surface area contributed by atoms with E-state index in [1.807, 2.05) is 36.7 Å². The molecule has 1 heterocycles. The second-order valence-corrected chi connectivity index (χ2v) is 4.23. The number of carbonyl (C=O) groups is 1. The molecule has 1 aromatic heterocycles. The van der Waals surface area contributed by atoms with Crippen LogP contribution in [0.3, 0.4) is 0 Å². The predicted molar refractivity (Wildman–Crippen MR) is 61.1 cm³/mol. The summed E-state index contributed by atoms with van der Waals surface area (Å²) >= 11 is 0. The van der Waals surface area contributed by atoms with Gasteiger partial charge >= 0.3 is 5.97 Å². The minimum Gasteiger partial charge on any atom is -0.481 e.